The van der Waals surface area contributed by atoms with Crippen LogP contribution in [-0.2, 0) is 31.9 Å². The Balaban J connectivity index is 1.60. The molecule has 3 nitrogen and oxygen atoms in total. The van der Waals surface area contributed by atoms with Gasteiger partial charge >= 0.3 is 6.18 Å². The molecule has 0 atom stereocenters. The third-order valence-electron chi connectivity index (χ3n) is 8.28. The number of hydrogen-bond donors (Lipinski definition) is 0. The summed E-state index contributed by atoms with van der Waals surface area (Å²) in [5, 5.41) is 10.3. The molecule has 7 rings (SSSR count). The molecule has 0 fully saturated rings. The van der Waals surface area contributed by atoms with Gasteiger partial charge < -0.3 is 9.80 Å². The highest BCUT2D eigenvalue weighted by molar-refractivity contribution is 5.92. The molecule has 0 saturated carbocycles. The minimum absolute atomic E-state index is 0.00231. The standard InChI is InChI=1S/C36H26F3N3/c37-36(38,39)34-33(41-29-13-5-1-9-24(29)17-18-25-10-2-6-14-30(25)41)22-21-28(23-40)35(34)42-31-15-7-3-11-26(31)19-20-27-12-4-8-16-32(27)42/h1-16,21-22H,17-20H2. The molecule has 0 N–H and O–H groups in total. The molecule has 2 aliphatic rings. The van der Waals surface area contributed by atoms with E-state index in [9.17, 15) is 5.26 Å². The van der Waals surface area contributed by atoms with E-state index in [1.807, 2.05) is 97.1 Å². The van der Waals surface area contributed by atoms with Crippen molar-refractivity contribution in [1.29, 1.82) is 5.26 Å². The Morgan fingerprint density at radius 2 is 0.881 bits per heavy atom. The molecule has 0 saturated heterocycles. The summed E-state index contributed by atoms with van der Waals surface area (Å²) in [4.78, 5) is 3.40. The Labute approximate surface area is 242 Å². The molecule has 42 heavy (non-hydrogen) atoms. The second-order valence-electron chi connectivity index (χ2n) is 10.7. The van der Waals surface area contributed by atoms with Gasteiger partial charge in [0.2, 0.25) is 0 Å². The van der Waals surface area contributed by atoms with Crippen LogP contribution in [0.2, 0.25) is 0 Å². The molecule has 0 radical (unpaired) electrons. The summed E-state index contributed by atoms with van der Waals surface area (Å²) in [5.74, 6) is 0. The van der Waals surface area contributed by atoms with E-state index >= 15 is 13.2 Å². The van der Waals surface area contributed by atoms with Crippen molar-refractivity contribution in [1.82, 2.24) is 0 Å². The molecule has 2 aliphatic heterocycles. The van der Waals surface area contributed by atoms with Crippen LogP contribution in [0, 0.1) is 11.3 Å². The molecule has 0 unspecified atom stereocenters. The zero-order valence-corrected chi connectivity index (χ0v) is 22.7. The smallest absolute Gasteiger partial charge is 0.309 e. The normalized spacial score (nSPS) is 14.0. The number of fused-ring (bicyclic) bond motifs is 4. The zero-order chi connectivity index (χ0) is 28.8. The number of aryl methyl sites for hydroxylation is 4. The fraction of sp³-hybridized carbons (Fsp3) is 0.139. The first-order valence-electron chi connectivity index (χ1n) is 14.0. The van der Waals surface area contributed by atoms with Gasteiger partial charge in [-0.05, 0) is 84.3 Å². The van der Waals surface area contributed by atoms with Gasteiger partial charge in [-0.2, -0.15) is 18.4 Å². The maximum Gasteiger partial charge on any atom is 0.420 e. The summed E-state index contributed by atoms with van der Waals surface area (Å²) < 4.78 is 47.0. The van der Waals surface area contributed by atoms with Gasteiger partial charge in [-0.3, -0.25) is 0 Å². The van der Waals surface area contributed by atoms with Crippen LogP contribution < -0.4 is 9.80 Å². The van der Waals surface area contributed by atoms with E-state index in [1.54, 1.807) is 9.80 Å². The second-order valence-corrected chi connectivity index (χ2v) is 10.7. The lowest BCUT2D eigenvalue weighted by Crippen LogP contribution is -2.23. The third kappa shape index (κ3) is 4.21. The van der Waals surface area contributed by atoms with Crippen LogP contribution in [0.5, 0.6) is 0 Å². The van der Waals surface area contributed by atoms with Crippen molar-refractivity contribution in [2.24, 2.45) is 0 Å². The molecule has 206 valence electrons. The van der Waals surface area contributed by atoms with Crippen LogP contribution in [0.1, 0.15) is 33.4 Å². The van der Waals surface area contributed by atoms with Gasteiger partial charge in [-0.1, -0.05) is 72.8 Å². The van der Waals surface area contributed by atoms with E-state index in [0.29, 0.717) is 48.4 Å². The fourth-order valence-electron chi connectivity index (χ4n) is 6.43. The van der Waals surface area contributed by atoms with Crippen LogP contribution >= 0.6 is 0 Å². The number of nitrogens with zero attached hydrogens (tertiary/aromatic N) is 3. The lowest BCUT2D eigenvalue weighted by molar-refractivity contribution is -0.136. The van der Waals surface area contributed by atoms with Gasteiger partial charge in [0.1, 0.15) is 11.6 Å². The molecule has 0 spiro atoms. The van der Waals surface area contributed by atoms with E-state index in [-0.39, 0.29) is 16.9 Å². The van der Waals surface area contributed by atoms with Crippen LogP contribution in [0.4, 0.5) is 47.3 Å². The largest absolute Gasteiger partial charge is 0.420 e. The molecule has 5 aromatic carbocycles. The van der Waals surface area contributed by atoms with Crippen LogP contribution in [-0.4, -0.2) is 0 Å². The molecule has 0 bridgehead atoms. The van der Waals surface area contributed by atoms with Crippen molar-refractivity contribution in [2.45, 2.75) is 31.9 Å². The maximum absolute atomic E-state index is 15.7. The maximum atomic E-state index is 15.7. The van der Waals surface area contributed by atoms with Crippen molar-refractivity contribution in [3.63, 3.8) is 0 Å². The van der Waals surface area contributed by atoms with E-state index in [2.05, 4.69) is 6.07 Å². The van der Waals surface area contributed by atoms with Crippen molar-refractivity contribution < 1.29 is 13.2 Å². The first kappa shape index (κ1) is 25.9. The summed E-state index contributed by atoms with van der Waals surface area (Å²) in [7, 11) is 0. The first-order valence-corrected chi connectivity index (χ1v) is 14.0. The molecule has 6 heteroatoms. The van der Waals surface area contributed by atoms with Crippen molar-refractivity contribution in [2.75, 3.05) is 9.80 Å². The summed E-state index contributed by atoms with van der Waals surface area (Å²) in [6, 6.07) is 35.5. The van der Waals surface area contributed by atoms with Gasteiger partial charge in [0.05, 0.1) is 16.9 Å². The second kappa shape index (κ2) is 10.1. The number of hydrogen-bond acceptors (Lipinski definition) is 3. The number of halogens is 3. The van der Waals surface area contributed by atoms with Crippen LogP contribution in [0.25, 0.3) is 0 Å². The summed E-state index contributed by atoms with van der Waals surface area (Å²) in [6.45, 7) is 0. The Bertz CT molecular complexity index is 1770. The number of alkyl halides is 3. The monoisotopic (exact) mass is 557 g/mol. The zero-order valence-electron chi connectivity index (χ0n) is 22.7. The highest BCUT2D eigenvalue weighted by atomic mass is 19.4. The Kier molecular flexibility index (Phi) is 6.24. The Morgan fingerprint density at radius 1 is 0.500 bits per heavy atom. The van der Waals surface area contributed by atoms with Gasteiger partial charge in [0, 0.05) is 22.7 Å². The number of anilines is 6. The van der Waals surface area contributed by atoms with E-state index in [1.165, 1.54) is 12.1 Å². The lowest BCUT2D eigenvalue weighted by atomic mass is 9.98. The Morgan fingerprint density at radius 3 is 1.26 bits per heavy atom. The first-order chi connectivity index (χ1) is 20.5. The molecular formula is C36H26F3N3. The molecule has 0 aromatic heterocycles. The molecular weight excluding hydrogens is 531 g/mol. The average molecular weight is 558 g/mol. The van der Waals surface area contributed by atoms with E-state index in [0.717, 1.165) is 22.3 Å². The van der Waals surface area contributed by atoms with E-state index < -0.39 is 11.7 Å². The van der Waals surface area contributed by atoms with Crippen molar-refractivity contribution >= 4 is 34.1 Å². The Hall–Kier alpha value is -5.02. The predicted molar refractivity (Wildman–Crippen MR) is 160 cm³/mol. The van der Waals surface area contributed by atoms with Crippen LogP contribution in [0.3, 0.4) is 0 Å². The van der Waals surface area contributed by atoms with E-state index in [4.69, 9.17) is 0 Å². The highest BCUT2D eigenvalue weighted by Crippen LogP contribution is 2.54. The van der Waals surface area contributed by atoms with Crippen molar-refractivity contribution in [3.05, 3.63) is 143 Å². The van der Waals surface area contributed by atoms with Gasteiger partial charge in [-0.25, -0.2) is 0 Å². The topological polar surface area (TPSA) is 30.3 Å². The minimum Gasteiger partial charge on any atom is -0.309 e. The number of rotatable bonds is 2. The van der Waals surface area contributed by atoms with Gasteiger partial charge in [0.15, 0.2) is 0 Å². The minimum atomic E-state index is -4.77. The quantitative estimate of drug-likeness (QED) is 0.216. The fourth-order valence-corrected chi connectivity index (χ4v) is 6.43. The molecule has 0 amide bonds. The highest BCUT2D eigenvalue weighted by Gasteiger charge is 2.43. The molecule has 0 aliphatic carbocycles. The number of benzene rings is 5. The molecule has 2 heterocycles. The number of para-hydroxylation sites is 4. The number of nitriles is 1. The van der Waals surface area contributed by atoms with Crippen LogP contribution in [0.15, 0.2) is 109 Å². The molecule has 5 aromatic rings. The third-order valence-corrected chi connectivity index (χ3v) is 8.28. The predicted octanol–water partition coefficient (Wildman–Crippen LogP) is 9.71. The van der Waals surface area contributed by atoms with Gasteiger partial charge in [-0.15, -0.1) is 0 Å². The summed E-state index contributed by atoms with van der Waals surface area (Å²) in [6.07, 6.45) is -2.00. The summed E-state index contributed by atoms with van der Waals surface area (Å²) >= 11 is 0. The average Bonchev–Trinajstić information content (AvgIpc) is 3.28. The summed E-state index contributed by atoms with van der Waals surface area (Å²) in [5.41, 5.74) is 5.51. The SMILES string of the molecule is N#Cc1ccc(N2c3ccccc3CCc3ccccc32)c(C(F)(F)F)c1N1c2ccccc2CCc2ccccc21. The van der Waals surface area contributed by atoms with Crippen molar-refractivity contribution in [3.8, 4) is 6.07 Å². The van der Waals surface area contributed by atoms with Gasteiger partial charge in [0.25, 0.3) is 0 Å². The lowest BCUT2D eigenvalue weighted by Gasteiger charge is -2.35.